The standard InChI is InChI=1S/C27H22N8OS/c1-14(36)23-4-5-24(37-23)27-18-9-21(31-19(18)6-7-30-27)26-17-8-15(2-3-20(17)33-34-26)22-10-29-11-25(32-22)35-12-16(28)13-35/h2-11,16,31H,12-13,28H2,1H3,(H,33,34). The molecule has 1 saturated heterocycles. The van der Waals surface area contributed by atoms with Crippen molar-refractivity contribution in [2.24, 2.45) is 5.73 Å². The van der Waals surface area contributed by atoms with Gasteiger partial charge in [-0.1, -0.05) is 6.07 Å². The normalized spacial score (nSPS) is 13.9. The minimum absolute atomic E-state index is 0.0562. The number of aromatic amines is 2. The van der Waals surface area contributed by atoms with Crippen LogP contribution in [0.3, 0.4) is 0 Å². The van der Waals surface area contributed by atoms with Crippen LogP contribution in [0.25, 0.3) is 55.0 Å². The Morgan fingerprint density at radius 1 is 1.05 bits per heavy atom. The van der Waals surface area contributed by atoms with E-state index in [4.69, 9.17) is 10.7 Å². The van der Waals surface area contributed by atoms with E-state index in [9.17, 15) is 4.79 Å². The molecule has 0 unspecified atom stereocenters. The number of rotatable bonds is 5. The van der Waals surface area contributed by atoms with Gasteiger partial charge in [-0.2, -0.15) is 5.10 Å². The van der Waals surface area contributed by atoms with Crippen molar-refractivity contribution in [3.8, 4) is 33.2 Å². The fourth-order valence-electron chi connectivity index (χ4n) is 4.76. The van der Waals surface area contributed by atoms with E-state index in [0.29, 0.717) is 0 Å². The van der Waals surface area contributed by atoms with Crippen molar-refractivity contribution in [2.75, 3.05) is 18.0 Å². The Balaban J connectivity index is 1.29. The van der Waals surface area contributed by atoms with Crippen LogP contribution in [-0.2, 0) is 0 Å². The monoisotopic (exact) mass is 506 g/mol. The van der Waals surface area contributed by atoms with Crippen molar-refractivity contribution < 1.29 is 4.79 Å². The number of nitrogens with two attached hydrogens (primary N) is 1. The van der Waals surface area contributed by atoms with Crippen molar-refractivity contribution >= 4 is 44.7 Å². The second-order valence-electron chi connectivity index (χ2n) is 9.28. The lowest BCUT2D eigenvalue weighted by atomic mass is 10.1. The molecule has 5 aromatic heterocycles. The van der Waals surface area contributed by atoms with Gasteiger partial charge in [-0.25, -0.2) is 4.98 Å². The highest BCUT2D eigenvalue weighted by molar-refractivity contribution is 7.17. The minimum Gasteiger partial charge on any atom is -0.353 e. The van der Waals surface area contributed by atoms with E-state index in [0.717, 1.165) is 78.8 Å². The van der Waals surface area contributed by atoms with E-state index in [1.165, 1.54) is 11.3 Å². The van der Waals surface area contributed by atoms with Gasteiger partial charge in [-0.05, 0) is 43.3 Å². The summed E-state index contributed by atoms with van der Waals surface area (Å²) in [7, 11) is 0. The van der Waals surface area contributed by atoms with Crippen LogP contribution in [0.4, 0.5) is 5.82 Å². The van der Waals surface area contributed by atoms with Crippen LogP contribution >= 0.6 is 11.3 Å². The van der Waals surface area contributed by atoms with Crippen LogP contribution in [0, 0.1) is 0 Å². The average Bonchev–Trinajstić information content (AvgIpc) is 3.64. The lowest BCUT2D eigenvalue weighted by Crippen LogP contribution is -2.56. The van der Waals surface area contributed by atoms with Crippen LogP contribution in [0.5, 0.6) is 0 Å². The van der Waals surface area contributed by atoms with Crippen LogP contribution in [0.1, 0.15) is 16.6 Å². The summed E-state index contributed by atoms with van der Waals surface area (Å²) in [6.07, 6.45) is 5.34. The van der Waals surface area contributed by atoms with E-state index in [2.05, 4.69) is 42.2 Å². The van der Waals surface area contributed by atoms with Crippen LogP contribution < -0.4 is 10.6 Å². The number of carbonyl (C=O) groups is 1. The molecule has 10 heteroatoms. The van der Waals surface area contributed by atoms with Crippen LogP contribution in [-0.4, -0.2) is 55.0 Å². The molecule has 182 valence electrons. The molecule has 0 amide bonds. The van der Waals surface area contributed by atoms with Crippen LogP contribution in [0.2, 0.25) is 0 Å². The van der Waals surface area contributed by atoms with Gasteiger partial charge in [0.2, 0.25) is 0 Å². The summed E-state index contributed by atoms with van der Waals surface area (Å²) in [5, 5.41) is 9.73. The summed E-state index contributed by atoms with van der Waals surface area (Å²) in [6, 6.07) is 14.1. The van der Waals surface area contributed by atoms with Gasteiger partial charge < -0.3 is 15.6 Å². The van der Waals surface area contributed by atoms with Crippen molar-refractivity contribution in [3.05, 3.63) is 65.9 Å². The minimum atomic E-state index is 0.0562. The first-order valence-corrected chi connectivity index (χ1v) is 12.8. The van der Waals surface area contributed by atoms with Crippen molar-refractivity contribution in [1.82, 2.24) is 30.1 Å². The molecule has 1 aliphatic rings. The molecule has 0 atom stereocenters. The fourth-order valence-corrected chi connectivity index (χ4v) is 5.67. The van der Waals surface area contributed by atoms with E-state index in [1.54, 1.807) is 25.5 Å². The Bertz CT molecular complexity index is 1810. The Morgan fingerprint density at radius 3 is 2.73 bits per heavy atom. The van der Waals surface area contributed by atoms with Gasteiger partial charge in [-0.3, -0.25) is 19.9 Å². The van der Waals surface area contributed by atoms with Gasteiger partial charge in [-0.15, -0.1) is 11.3 Å². The summed E-state index contributed by atoms with van der Waals surface area (Å²) >= 11 is 1.46. The van der Waals surface area contributed by atoms with Crippen LogP contribution in [0.15, 0.2) is 61.1 Å². The number of fused-ring (bicyclic) bond motifs is 2. The number of benzene rings is 1. The maximum absolute atomic E-state index is 11.8. The quantitative estimate of drug-likeness (QED) is 0.290. The number of pyridine rings is 1. The van der Waals surface area contributed by atoms with Crippen molar-refractivity contribution in [1.29, 1.82) is 0 Å². The van der Waals surface area contributed by atoms with E-state index < -0.39 is 0 Å². The van der Waals surface area contributed by atoms with Gasteiger partial charge in [0.15, 0.2) is 5.78 Å². The van der Waals surface area contributed by atoms with Gasteiger partial charge in [0.25, 0.3) is 0 Å². The van der Waals surface area contributed by atoms with E-state index in [-0.39, 0.29) is 11.8 Å². The maximum atomic E-state index is 11.8. The van der Waals surface area contributed by atoms with Gasteiger partial charge in [0, 0.05) is 47.2 Å². The molecule has 0 radical (unpaired) electrons. The molecule has 37 heavy (non-hydrogen) atoms. The highest BCUT2D eigenvalue weighted by Gasteiger charge is 2.25. The molecule has 6 aromatic rings. The number of nitrogens with one attached hydrogen (secondary N) is 2. The number of thiophene rings is 1. The van der Waals surface area contributed by atoms with Gasteiger partial charge >= 0.3 is 0 Å². The van der Waals surface area contributed by atoms with Crippen molar-refractivity contribution in [2.45, 2.75) is 13.0 Å². The number of hydrogen-bond donors (Lipinski definition) is 3. The first kappa shape index (κ1) is 21.8. The Morgan fingerprint density at radius 2 is 1.92 bits per heavy atom. The fraction of sp³-hybridized carbons (Fsp3) is 0.148. The number of nitrogens with zero attached hydrogens (tertiary/aromatic N) is 5. The molecule has 0 spiro atoms. The second kappa shape index (κ2) is 8.32. The third kappa shape index (κ3) is 3.69. The highest BCUT2D eigenvalue weighted by Crippen LogP contribution is 2.36. The molecule has 0 aliphatic carbocycles. The third-order valence-electron chi connectivity index (χ3n) is 6.70. The smallest absolute Gasteiger partial charge is 0.169 e. The molecule has 9 nitrogen and oxygen atoms in total. The lowest BCUT2D eigenvalue weighted by molar-refractivity contribution is 0.102. The first-order valence-electron chi connectivity index (χ1n) is 11.9. The second-order valence-corrected chi connectivity index (χ2v) is 10.4. The molecule has 1 aliphatic heterocycles. The number of anilines is 1. The summed E-state index contributed by atoms with van der Waals surface area (Å²) in [5.41, 5.74) is 12.1. The zero-order valence-corrected chi connectivity index (χ0v) is 20.7. The molecule has 0 saturated carbocycles. The first-order chi connectivity index (χ1) is 18.0. The van der Waals surface area contributed by atoms with Gasteiger partial charge in [0.1, 0.15) is 11.5 Å². The summed E-state index contributed by atoms with van der Waals surface area (Å²) in [4.78, 5) is 33.0. The summed E-state index contributed by atoms with van der Waals surface area (Å²) in [6.45, 7) is 3.17. The Hall–Kier alpha value is -4.41. The molecule has 1 fully saturated rings. The Labute approximate surface area is 215 Å². The van der Waals surface area contributed by atoms with E-state index in [1.807, 2.05) is 30.3 Å². The predicted octanol–water partition coefficient (Wildman–Crippen LogP) is 4.64. The number of hydrogen-bond acceptors (Lipinski definition) is 8. The summed E-state index contributed by atoms with van der Waals surface area (Å²) in [5.74, 6) is 0.893. The lowest BCUT2D eigenvalue weighted by Gasteiger charge is -2.37. The number of H-pyrrole nitrogens is 2. The molecule has 0 bridgehead atoms. The number of Topliss-reactive ketones (excluding diaryl/α,β-unsaturated/α-hetero) is 1. The number of carbonyl (C=O) groups excluding carboxylic acids is 1. The molecule has 1 aromatic carbocycles. The maximum Gasteiger partial charge on any atom is 0.169 e. The molecule has 4 N–H and O–H groups in total. The topological polar surface area (TPSA) is 129 Å². The third-order valence-corrected chi connectivity index (χ3v) is 7.90. The molecule has 6 heterocycles. The number of ketones is 1. The van der Waals surface area contributed by atoms with E-state index >= 15 is 0 Å². The zero-order valence-electron chi connectivity index (χ0n) is 19.9. The molecular weight excluding hydrogens is 484 g/mol. The van der Waals surface area contributed by atoms with Gasteiger partial charge in [0.05, 0.1) is 44.7 Å². The largest absolute Gasteiger partial charge is 0.353 e. The molecular formula is C27H22N8OS. The Kier molecular flexibility index (Phi) is 4.91. The predicted molar refractivity (Wildman–Crippen MR) is 146 cm³/mol. The summed E-state index contributed by atoms with van der Waals surface area (Å²) < 4.78 is 0. The molecule has 7 rings (SSSR count). The zero-order chi connectivity index (χ0) is 25.1. The number of aromatic nitrogens is 6. The SMILES string of the molecule is CC(=O)c1ccc(-c2nccc3[nH]c(-c4n[nH]c5ccc(-c6cncc(N7CC(N)C7)n6)cc45)cc23)s1. The average molecular weight is 507 g/mol. The van der Waals surface area contributed by atoms with Crippen molar-refractivity contribution in [3.63, 3.8) is 0 Å². The highest BCUT2D eigenvalue weighted by atomic mass is 32.1.